The van der Waals surface area contributed by atoms with E-state index in [0.29, 0.717) is 23.7 Å². The largest absolute Gasteiger partial charge is 0.496 e. The minimum absolute atomic E-state index is 0.150. The Morgan fingerprint density at radius 1 is 1.19 bits per heavy atom. The number of aliphatic hydroxyl groups is 1. The number of β-amino-alcohol motifs (C(OH)–C–C–N with tert-alkyl or cyclic N) is 1. The number of likely N-dealkylation sites (tertiary alicyclic amines) is 1. The number of rotatable bonds is 5. The second kappa shape index (κ2) is 8.20. The summed E-state index contributed by atoms with van der Waals surface area (Å²) in [5, 5.41) is 11.0. The van der Waals surface area contributed by atoms with Crippen molar-refractivity contribution in [2.75, 3.05) is 20.2 Å². The summed E-state index contributed by atoms with van der Waals surface area (Å²) in [7, 11) is 1.41. The Morgan fingerprint density at radius 2 is 1.92 bits per heavy atom. The minimum atomic E-state index is -0.918. The number of methoxy groups -OCH3 is 1. The van der Waals surface area contributed by atoms with E-state index in [1.165, 1.54) is 13.2 Å². The van der Waals surface area contributed by atoms with Crippen molar-refractivity contribution in [2.45, 2.75) is 25.2 Å². The molecular formula is C19H20ClF2NO3. The molecule has 0 aromatic heterocycles. The van der Waals surface area contributed by atoms with Crippen LogP contribution < -0.4 is 9.47 Å². The number of hydrogen-bond acceptors (Lipinski definition) is 4. The van der Waals surface area contributed by atoms with Gasteiger partial charge in [0, 0.05) is 30.2 Å². The van der Waals surface area contributed by atoms with E-state index in [9.17, 15) is 13.9 Å². The fourth-order valence-electron chi connectivity index (χ4n) is 3.08. The van der Waals surface area contributed by atoms with Crippen molar-refractivity contribution in [2.24, 2.45) is 0 Å². The smallest absolute Gasteiger partial charge is 0.167 e. The molecule has 7 heteroatoms. The lowest BCUT2D eigenvalue weighted by Crippen LogP contribution is -2.48. The second-order valence-electron chi connectivity index (χ2n) is 6.24. The summed E-state index contributed by atoms with van der Waals surface area (Å²) in [6, 6.07) is 9.37. The van der Waals surface area contributed by atoms with Crippen molar-refractivity contribution in [1.29, 1.82) is 0 Å². The summed E-state index contributed by atoms with van der Waals surface area (Å²) < 4.78 is 38.6. The molecule has 26 heavy (non-hydrogen) atoms. The molecule has 0 aliphatic carbocycles. The molecule has 140 valence electrons. The molecular weight excluding hydrogens is 364 g/mol. The number of piperidine rings is 1. The Morgan fingerprint density at radius 3 is 2.58 bits per heavy atom. The molecule has 1 heterocycles. The topological polar surface area (TPSA) is 41.9 Å². The third-order valence-corrected chi connectivity index (χ3v) is 4.71. The van der Waals surface area contributed by atoms with Gasteiger partial charge in [-0.05, 0) is 42.8 Å². The average molecular weight is 384 g/mol. The minimum Gasteiger partial charge on any atom is -0.496 e. The Labute approximate surface area is 155 Å². The molecule has 0 amide bonds. The fourth-order valence-corrected chi connectivity index (χ4v) is 3.21. The van der Waals surface area contributed by atoms with Gasteiger partial charge in [0.2, 0.25) is 0 Å². The van der Waals surface area contributed by atoms with Crippen LogP contribution in [0.3, 0.4) is 0 Å². The lowest BCUT2D eigenvalue weighted by Gasteiger charge is -2.36. The molecule has 0 unspecified atom stereocenters. The van der Waals surface area contributed by atoms with Gasteiger partial charge >= 0.3 is 0 Å². The molecule has 1 N–H and O–H groups in total. The molecule has 0 saturated carbocycles. The molecule has 0 spiro atoms. The lowest BCUT2D eigenvalue weighted by atomic mass is 10.0. The average Bonchev–Trinajstić information content (AvgIpc) is 2.63. The molecule has 1 aliphatic rings. The van der Waals surface area contributed by atoms with Gasteiger partial charge in [0.25, 0.3) is 0 Å². The highest BCUT2D eigenvalue weighted by Crippen LogP contribution is 2.27. The van der Waals surface area contributed by atoms with Crippen LogP contribution in [0.25, 0.3) is 0 Å². The molecule has 4 nitrogen and oxygen atoms in total. The van der Waals surface area contributed by atoms with Crippen LogP contribution in [0.4, 0.5) is 8.78 Å². The SMILES string of the molecule is COc1ccc(F)c(F)c1CN1CC[C@@H](Oc2ccc(Cl)cc2)[C@H](O)C1. The molecule has 2 aromatic carbocycles. The van der Waals surface area contributed by atoms with E-state index in [-0.39, 0.29) is 30.5 Å². The standard InChI is InChI=1S/C19H20ClF2NO3/c1-25-17-7-6-15(21)19(22)14(17)10-23-9-8-18(16(24)11-23)26-13-4-2-12(20)3-5-13/h2-7,16,18,24H,8-11H2,1H3/t16-,18-/m1/s1. The van der Waals surface area contributed by atoms with Crippen molar-refractivity contribution in [3.8, 4) is 11.5 Å². The number of benzene rings is 2. The number of ether oxygens (including phenoxy) is 2. The highest BCUT2D eigenvalue weighted by Gasteiger charge is 2.30. The Balaban J connectivity index is 1.64. The maximum Gasteiger partial charge on any atom is 0.167 e. The van der Waals surface area contributed by atoms with Gasteiger partial charge in [-0.2, -0.15) is 0 Å². The Kier molecular flexibility index (Phi) is 5.96. The van der Waals surface area contributed by atoms with E-state index >= 15 is 0 Å². The van der Waals surface area contributed by atoms with Gasteiger partial charge in [-0.3, -0.25) is 4.90 Å². The molecule has 3 rings (SSSR count). The van der Waals surface area contributed by atoms with E-state index in [1.54, 1.807) is 24.3 Å². The number of aliphatic hydroxyl groups excluding tert-OH is 1. The monoisotopic (exact) mass is 383 g/mol. The molecule has 1 saturated heterocycles. The first-order chi connectivity index (χ1) is 12.5. The third-order valence-electron chi connectivity index (χ3n) is 4.46. The van der Waals surface area contributed by atoms with Gasteiger partial charge in [0.1, 0.15) is 23.7 Å². The van der Waals surface area contributed by atoms with Crippen LogP contribution in [-0.2, 0) is 6.54 Å². The molecule has 1 fully saturated rings. The summed E-state index contributed by atoms with van der Waals surface area (Å²) in [4.78, 5) is 1.85. The first-order valence-electron chi connectivity index (χ1n) is 8.31. The quantitative estimate of drug-likeness (QED) is 0.856. The zero-order chi connectivity index (χ0) is 18.7. The van der Waals surface area contributed by atoms with E-state index in [2.05, 4.69) is 0 Å². The number of nitrogens with zero attached hydrogens (tertiary/aromatic N) is 1. The summed E-state index contributed by atoms with van der Waals surface area (Å²) in [5.74, 6) is -0.914. The highest BCUT2D eigenvalue weighted by atomic mass is 35.5. The normalized spacial score (nSPS) is 20.8. The maximum absolute atomic E-state index is 14.1. The van der Waals surface area contributed by atoms with Crippen LogP contribution in [0.2, 0.25) is 5.02 Å². The summed E-state index contributed by atoms with van der Waals surface area (Å²) in [5.41, 5.74) is 0.150. The van der Waals surface area contributed by atoms with E-state index in [4.69, 9.17) is 21.1 Å². The van der Waals surface area contributed by atoms with Gasteiger partial charge in [0.05, 0.1) is 7.11 Å². The van der Waals surface area contributed by atoms with Gasteiger partial charge < -0.3 is 14.6 Å². The molecule has 1 aliphatic heterocycles. The molecule has 0 radical (unpaired) electrons. The maximum atomic E-state index is 14.1. The van der Waals surface area contributed by atoms with Gasteiger partial charge in [-0.25, -0.2) is 8.78 Å². The van der Waals surface area contributed by atoms with Crippen LogP contribution in [-0.4, -0.2) is 42.4 Å². The first-order valence-corrected chi connectivity index (χ1v) is 8.69. The summed E-state index contributed by atoms with van der Waals surface area (Å²) >= 11 is 5.85. The third kappa shape index (κ3) is 4.26. The number of halogens is 3. The zero-order valence-electron chi connectivity index (χ0n) is 14.3. The number of hydrogen-bond donors (Lipinski definition) is 1. The fraction of sp³-hybridized carbons (Fsp3) is 0.368. The Bertz CT molecular complexity index is 757. The predicted molar refractivity (Wildman–Crippen MR) is 94.7 cm³/mol. The molecule has 2 aromatic rings. The van der Waals surface area contributed by atoms with Crippen molar-refractivity contribution < 1.29 is 23.4 Å². The van der Waals surface area contributed by atoms with E-state index in [1.807, 2.05) is 4.90 Å². The van der Waals surface area contributed by atoms with Crippen LogP contribution >= 0.6 is 11.6 Å². The van der Waals surface area contributed by atoms with Crippen molar-refractivity contribution in [1.82, 2.24) is 4.90 Å². The van der Waals surface area contributed by atoms with Crippen molar-refractivity contribution >= 4 is 11.6 Å². The zero-order valence-corrected chi connectivity index (χ0v) is 15.0. The van der Waals surface area contributed by atoms with E-state index in [0.717, 1.165) is 6.07 Å². The van der Waals surface area contributed by atoms with Crippen LogP contribution in [0.5, 0.6) is 11.5 Å². The van der Waals surface area contributed by atoms with Crippen LogP contribution in [0, 0.1) is 11.6 Å². The Hall–Kier alpha value is -1.89. The van der Waals surface area contributed by atoms with Gasteiger partial charge in [0.15, 0.2) is 11.6 Å². The highest BCUT2D eigenvalue weighted by molar-refractivity contribution is 6.30. The summed E-state index contributed by atoms with van der Waals surface area (Å²) in [6.07, 6.45) is -0.558. The second-order valence-corrected chi connectivity index (χ2v) is 6.68. The van der Waals surface area contributed by atoms with Crippen molar-refractivity contribution in [3.63, 3.8) is 0 Å². The predicted octanol–water partition coefficient (Wildman–Crippen LogP) is 3.64. The van der Waals surface area contributed by atoms with E-state index < -0.39 is 17.7 Å². The van der Waals surface area contributed by atoms with Gasteiger partial charge in [-0.1, -0.05) is 11.6 Å². The van der Waals surface area contributed by atoms with Crippen LogP contribution in [0.1, 0.15) is 12.0 Å². The summed E-state index contributed by atoms with van der Waals surface area (Å²) in [6.45, 7) is 1.02. The molecule has 0 bridgehead atoms. The lowest BCUT2D eigenvalue weighted by molar-refractivity contribution is -0.0279. The van der Waals surface area contributed by atoms with Gasteiger partial charge in [-0.15, -0.1) is 0 Å². The molecule has 2 atom stereocenters. The first kappa shape index (κ1) is 18.9. The van der Waals surface area contributed by atoms with Crippen molar-refractivity contribution in [3.05, 3.63) is 58.6 Å². The van der Waals surface area contributed by atoms with Crippen LogP contribution in [0.15, 0.2) is 36.4 Å².